The summed E-state index contributed by atoms with van der Waals surface area (Å²) in [5.41, 5.74) is 0.0577. The lowest BCUT2D eigenvalue weighted by Crippen LogP contribution is -2.57. The zero-order valence-corrected chi connectivity index (χ0v) is 12.6. The highest BCUT2D eigenvalue weighted by molar-refractivity contribution is 5.02. The molecule has 1 aliphatic rings. The largest absolute Gasteiger partial charge is 0.392 e. The van der Waals surface area contributed by atoms with Crippen molar-refractivity contribution in [2.24, 2.45) is 5.41 Å². The van der Waals surface area contributed by atoms with Crippen molar-refractivity contribution in [2.75, 3.05) is 6.61 Å². The molecule has 1 rings (SSSR count). The molecule has 1 saturated carbocycles. The number of hydrogen-bond acceptors (Lipinski definition) is 2. The minimum absolute atomic E-state index is 0.0577. The quantitative estimate of drug-likeness (QED) is 0.590. The summed E-state index contributed by atoms with van der Waals surface area (Å²) in [6.07, 6.45) is 10.9. The molecule has 2 heteroatoms. The van der Waals surface area contributed by atoms with E-state index in [1.165, 1.54) is 38.5 Å². The molecule has 0 aromatic rings. The van der Waals surface area contributed by atoms with Gasteiger partial charge < -0.3 is 9.84 Å². The lowest BCUT2D eigenvalue weighted by atomic mass is 9.60. The highest BCUT2D eigenvalue weighted by atomic mass is 16.5. The van der Waals surface area contributed by atoms with Crippen molar-refractivity contribution in [2.45, 2.75) is 90.8 Å². The summed E-state index contributed by atoms with van der Waals surface area (Å²) < 4.78 is 5.99. The Morgan fingerprint density at radius 2 is 1.61 bits per heavy atom. The van der Waals surface area contributed by atoms with Crippen molar-refractivity contribution < 1.29 is 9.84 Å². The number of aliphatic hydroxyl groups excluding tert-OH is 1. The third-order valence-electron chi connectivity index (χ3n) is 4.88. The van der Waals surface area contributed by atoms with E-state index < -0.39 is 0 Å². The average molecular weight is 256 g/mol. The minimum Gasteiger partial charge on any atom is -0.392 e. The van der Waals surface area contributed by atoms with Crippen molar-refractivity contribution in [3.63, 3.8) is 0 Å². The van der Waals surface area contributed by atoms with E-state index in [0.717, 1.165) is 25.9 Å². The molecular weight excluding hydrogens is 224 g/mol. The highest BCUT2D eigenvalue weighted by Crippen LogP contribution is 2.48. The van der Waals surface area contributed by atoms with Gasteiger partial charge in [-0.2, -0.15) is 0 Å². The fourth-order valence-corrected chi connectivity index (χ4v) is 3.24. The van der Waals surface area contributed by atoms with E-state index in [4.69, 9.17) is 4.74 Å². The van der Waals surface area contributed by atoms with Crippen LogP contribution in [0.1, 0.15) is 78.6 Å². The average Bonchev–Trinajstić information content (AvgIpc) is 2.38. The highest BCUT2D eigenvalue weighted by Gasteiger charge is 2.52. The standard InChI is InChI=1S/C16H32O2/c1-4-7-8-9-10-11-12-18-15-13-14(17)16(15,5-2)6-3/h14-15,17H,4-13H2,1-3H3. The van der Waals surface area contributed by atoms with Gasteiger partial charge in [-0.3, -0.25) is 0 Å². The summed E-state index contributed by atoms with van der Waals surface area (Å²) in [6, 6.07) is 0. The molecule has 2 nitrogen and oxygen atoms in total. The van der Waals surface area contributed by atoms with E-state index in [0.29, 0.717) is 6.10 Å². The van der Waals surface area contributed by atoms with Gasteiger partial charge in [0.2, 0.25) is 0 Å². The Labute approximate surface area is 113 Å². The number of ether oxygens (including phenoxy) is 1. The van der Waals surface area contributed by atoms with E-state index in [-0.39, 0.29) is 11.5 Å². The lowest BCUT2D eigenvalue weighted by molar-refractivity contribution is -0.196. The van der Waals surface area contributed by atoms with Gasteiger partial charge in [0.1, 0.15) is 0 Å². The first-order chi connectivity index (χ1) is 8.71. The Bertz CT molecular complexity index is 211. The van der Waals surface area contributed by atoms with Gasteiger partial charge in [-0.15, -0.1) is 0 Å². The SMILES string of the molecule is CCCCCCCCOC1CC(O)C1(CC)CC. The van der Waals surface area contributed by atoms with Crippen LogP contribution in [0.5, 0.6) is 0 Å². The lowest BCUT2D eigenvalue weighted by Gasteiger charge is -2.52. The normalized spacial score (nSPS) is 26.0. The summed E-state index contributed by atoms with van der Waals surface area (Å²) in [7, 11) is 0. The van der Waals surface area contributed by atoms with Crippen LogP contribution >= 0.6 is 0 Å². The second kappa shape index (κ2) is 8.16. The smallest absolute Gasteiger partial charge is 0.0680 e. The number of hydrogen-bond donors (Lipinski definition) is 1. The van der Waals surface area contributed by atoms with Crippen LogP contribution in [0.4, 0.5) is 0 Å². The maximum atomic E-state index is 9.95. The third-order valence-corrected chi connectivity index (χ3v) is 4.88. The summed E-state index contributed by atoms with van der Waals surface area (Å²) in [4.78, 5) is 0. The molecule has 108 valence electrons. The minimum atomic E-state index is -0.137. The fourth-order valence-electron chi connectivity index (χ4n) is 3.24. The van der Waals surface area contributed by atoms with E-state index >= 15 is 0 Å². The van der Waals surface area contributed by atoms with Crippen LogP contribution in [0.15, 0.2) is 0 Å². The molecule has 0 aromatic heterocycles. The van der Waals surface area contributed by atoms with Crippen LogP contribution < -0.4 is 0 Å². The maximum absolute atomic E-state index is 9.95. The number of rotatable bonds is 10. The maximum Gasteiger partial charge on any atom is 0.0680 e. The van der Waals surface area contributed by atoms with Gasteiger partial charge in [-0.1, -0.05) is 52.9 Å². The molecule has 18 heavy (non-hydrogen) atoms. The predicted molar refractivity (Wildman–Crippen MR) is 76.8 cm³/mol. The molecule has 1 fully saturated rings. The summed E-state index contributed by atoms with van der Waals surface area (Å²) in [5, 5.41) is 9.95. The van der Waals surface area contributed by atoms with Gasteiger partial charge in [0.05, 0.1) is 12.2 Å². The van der Waals surface area contributed by atoms with Crippen LogP contribution in [0.2, 0.25) is 0 Å². The van der Waals surface area contributed by atoms with Crippen molar-refractivity contribution in [1.82, 2.24) is 0 Å². The van der Waals surface area contributed by atoms with E-state index in [1.54, 1.807) is 0 Å². The first kappa shape index (κ1) is 16.0. The fraction of sp³-hybridized carbons (Fsp3) is 1.00. The number of aliphatic hydroxyl groups is 1. The number of unbranched alkanes of at least 4 members (excludes halogenated alkanes) is 5. The van der Waals surface area contributed by atoms with Crippen molar-refractivity contribution in [3.8, 4) is 0 Å². The van der Waals surface area contributed by atoms with Gasteiger partial charge in [0.15, 0.2) is 0 Å². The second-order valence-electron chi connectivity index (χ2n) is 5.82. The molecule has 0 heterocycles. The molecule has 0 spiro atoms. The molecule has 2 atom stereocenters. The van der Waals surface area contributed by atoms with E-state index in [2.05, 4.69) is 20.8 Å². The van der Waals surface area contributed by atoms with Crippen molar-refractivity contribution >= 4 is 0 Å². The van der Waals surface area contributed by atoms with Crippen LogP contribution in [-0.4, -0.2) is 23.9 Å². The first-order valence-electron chi connectivity index (χ1n) is 8.00. The molecule has 0 aromatic carbocycles. The Balaban J connectivity index is 2.09. The topological polar surface area (TPSA) is 29.5 Å². The van der Waals surface area contributed by atoms with E-state index in [9.17, 15) is 5.11 Å². The predicted octanol–water partition coefficient (Wildman–Crippen LogP) is 4.30. The summed E-state index contributed by atoms with van der Waals surface area (Å²) in [5.74, 6) is 0. The molecule has 0 saturated heterocycles. The zero-order chi connectivity index (χ0) is 13.4. The zero-order valence-electron chi connectivity index (χ0n) is 12.6. The van der Waals surface area contributed by atoms with E-state index in [1.807, 2.05) is 0 Å². The van der Waals surface area contributed by atoms with Gasteiger partial charge in [-0.25, -0.2) is 0 Å². The van der Waals surface area contributed by atoms with Crippen LogP contribution in [-0.2, 0) is 4.74 Å². The Morgan fingerprint density at radius 3 is 2.17 bits per heavy atom. The molecule has 1 aliphatic carbocycles. The summed E-state index contributed by atoms with van der Waals surface area (Å²) in [6.45, 7) is 7.48. The molecular formula is C16H32O2. The third kappa shape index (κ3) is 3.71. The van der Waals surface area contributed by atoms with Crippen LogP contribution in [0.25, 0.3) is 0 Å². The second-order valence-corrected chi connectivity index (χ2v) is 5.82. The Morgan fingerprint density at radius 1 is 1.00 bits per heavy atom. The van der Waals surface area contributed by atoms with Crippen molar-refractivity contribution in [3.05, 3.63) is 0 Å². The molecule has 1 N–H and O–H groups in total. The van der Waals surface area contributed by atoms with Gasteiger partial charge >= 0.3 is 0 Å². The molecule has 0 bridgehead atoms. The summed E-state index contributed by atoms with van der Waals surface area (Å²) >= 11 is 0. The Kier molecular flexibility index (Phi) is 7.25. The molecule has 0 radical (unpaired) electrons. The first-order valence-corrected chi connectivity index (χ1v) is 8.00. The van der Waals surface area contributed by atoms with Gasteiger partial charge in [-0.05, 0) is 19.3 Å². The van der Waals surface area contributed by atoms with Crippen LogP contribution in [0, 0.1) is 5.41 Å². The van der Waals surface area contributed by atoms with Crippen molar-refractivity contribution in [1.29, 1.82) is 0 Å². The molecule has 2 unspecified atom stereocenters. The van der Waals surface area contributed by atoms with Crippen LogP contribution in [0.3, 0.4) is 0 Å². The van der Waals surface area contributed by atoms with Gasteiger partial charge in [0.25, 0.3) is 0 Å². The molecule has 0 aliphatic heterocycles. The molecule has 0 amide bonds. The monoisotopic (exact) mass is 256 g/mol. The Hall–Kier alpha value is -0.0800. The van der Waals surface area contributed by atoms with Gasteiger partial charge in [0, 0.05) is 18.4 Å².